The Balaban J connectivity index is 1.51. The molecule has 3 aromatic carbocycles. The molecule has 1 amide bonds. The molecule has 0 aliphatic heterocycles. The van der Waals surface area contributed by atoms with E-state index in [0.29, 0.717) is 23.9 Å². The van der Waals surface area contributed by atoms with Crippen LogP contribution in [-0.2, 0) is 11.4 Å². The van der Waals surface area contributed by atoms with E-state index in [0.717, 1.165) is 11.1 Å². The molecule has 148 valence electrons. The molecule has 0 unspecified atom stereocenters. The van der Waals surface area contributed by atoms with Gasteiger partial charge in [-0.1, -0.05) is 48.5 Å². The van der Waals surface area contributed by atoms with Gasteiger partial charge in [-0.3, -0.25) is 4.79 Å². The average molecular weight is 390 g/mol. The van der Waals surface area contributed by atoms with Crippen molar-refractivity contribution in [1.82, 2.24) is 5.43 Å². The van der Waals surface area contributed by atoms with E-state index in [9.17, 15) is 4.79 Å². The van der Waals surface area contributed by atoms with Crippen LogP contribution in [0, 0.1) is 0 Å². The van der Waals surface area contributed by atoms with Crippen LogP contribution in [-0.4, -0.2) is 25.8 Å². The largest absolute Gasteiger partial charge is 0.493 e. The van der Waals surface area contributed by atoms with Crippen molar-refractivity contribution in [3.05, 3.63) is 90.0 Å². The summed E-state index contributed by atoms with van der Waals surface area (Å²) in [7, 11) is 1.58. The van der Waals surface area contributed by atoms with Gasteiger partial charge >= 0.3 is 0 Å². The third kappa shape index (κ3) is 6.39. The second-order valence-corrected chi connectivity index (χ2v) is 6.08. The summed E-state index contributed by atoms with van der Waals surface area (Å²) in [5.41, 5.74) is 4.27. The molecule has 0 saturated carbocycles. The summed E-state index contributed by atoms with van der Waals surface area (Å²) < 4.78 is 16.6. The van der Waals surface area contributed by atoms with Crippen LogP contribution < -0.4 is 19.6 Å². The van der Waals surface area contributed by atoms with Crippen LogP contribution in [0.2, 0.25) is 0 Å². The number of nitrogens with one attached hydrogen (secondary N) is 1. The summed E-state index contributed by atoms with van der Waals surface area (Å²) in [6.45, 7) is 0.332. The number of hydrogen-bond donors (Lipinski definition) is 1. The molecule has 0 fully saturated rings. The van der Waals surface area contributed by atoms with Gasteiger partial charge in [-0.05, 0) is 41.5 Å². The zero-order valence-electron chi connectivity index (χ0n) is 16.1. The predicted octanol–water partition coefficient (Wildman–Crippen LogP) is 3.80. The van der Waals surface area contributed by atoms with Gasteiger partial charge in [0, 0.05) is 0 Å². The van der Waals surface area contributed by atoms with Crippen LogP contribution in [0.5, 0.6) is 17.2 Å². The number of ether oxygens (including phenoxy) is 3. The Morgan fingerprint density at radius 2 is 1.66 bits per heavy atom. The lowest BCUT2D eigenvalue weighted by molar-refractivity contribution is -0.123. The molecule has 0 saturated heterocycles. The first kappa shape index (κ1) is 19.9. The summed E-state index contributed by atoms with van der Waals surface area (Å²) in [6, 6.07) is 24.4. The number of para-hydroxylation sites is 1. The van der Waals surface area contributed by atoms with Crippen molar-refractivity contribution >= 4 is 12.1 Å². The molecule has 0 heterocycles. The Labute approximate surface area is 169 Å². The van der Waals surface area contributed by atoms with Gasteiger partial charge < -0.3 is 14.2 Å². The van der Waals surface area contributed by atoms with Crippen molar-refractivity contribution < 1.29 is 19.0 Å². The molecule has 3 rings (SSSR count). The van der Waals surface area contributed by atoms with Crippen LogP contribution in [0.3, 0.4) is 0 Å². The van der Waals surface area contributed by atoms with E-state index >= 15 is 0 Å². The highest BCUT2D eigenvalue weighted by atomic mass is 16.5. The molecule has 6 heteroatoms. The maximum atomic E-state index is 11.8. The SMILES string of the molecule is COc1cc(C=NNC(=O)COc2ccccc2)ccc1OCc1ccccc1. The molecular formula is C23H22N2O4. The van der Waals surface area contributed by atoms with E-state index in [1.165, 1.54) is 6.21 Å². The fourth-order valence-electron chi connectivity index (χ4n) is 2.50. The predicted molar refractivity (Wildman–Crippen MR) is 111 cm³/mol. The summed E-state index contributed by atoms with van der Waals surface area (Å²) in [4.78, 5) is 11.8. The number of amides is 1. The van der Waals surface area contributed by atoms with Gasteiger partial charge in [0.15, 0.2) is 18.1 Å². The Kier molecular flexibility index (Phi) is 7.23. The number of carbonyl (C=O) groups excluding carboxylic acids is 1. The monoisotopic (exact) mass is 390 g/mol. The van der Waals surface area contributed by atoms with E-state index in [2.05, 4.69) is 10.5 Å². The third-order valence-corrected chi connectivity index (χ3v) is 3.94. The molecule has 0 aliphatic carbocycles. The summed E-state index contributed by atoms with van der Waals surface area (Å²) in [6.07, 6.45) is 1.53. The van der Waals surface area contributed by atoms with Crippen molar-refractivity contribution in [3.63, 3.8) is 0 Å². The fourth-order valence-corrected chi connectivity index (χ4v) is 2.50. The topological polar surface area (TPSA) is 69.2 Å². The normalized spacial score (nSPS) is 10.5. The van der Waals surface area contributed by atoms with Gasteiger partial charge in [0.2, 0.25) is 0 Å². The molecule has 0 atom stereocenters. The van der Waals surface area contributed by atoms with Crippen molar-refractivity contribution in [3.8, 4) is 17.2 Å². The second-order valence-electron chi connectivity index (χ2n) is 6.08. The number of rotatable bonds is 9. The van der Waals surface area contributed by atoms with Gasteiger partial charge in [0.05, 0.1) is 13.3 Å². The van der Waals surface area contributed by atoms with Crippen LogP contribution in [0.15, 0.2) is 84.0 Å². The Bertz CT molecular complexity index is 944. The zero-order valence-corrected chi connectivity index (χ0v) is 16.1. The minimum atomic E-state index is -0.347. The van der Waals surface area contributed by atoms with Crippen molar-refractivity contribution in [1.29, 1.82) is 0 Å². The molecule has 0 aromatic heterocycles. The van der Waals surface area contributed by atoms with Gasteiger partial charge in [0.1, 0.15) is 12.4 Å². The summed E-state index contributed by atoms with van der Waals surface area (Å²) >= 11 is 0. The second kappa shape index (κ2) is 10.5. The molecule has 0 spiro atoms. The fraction of sp³-hybridized carbons (Fsp3) is 0.130. The molecular weight excluding hydrogens is 368 g/mol. The first-order valence-electron chi connectivity index (χ1n) is 9.09. The number of hydrogen-bond acceptors (Lipinski definition) is 5. The molecule has 29 heavy (non-hydrogen) atoms. The van der Waals surface area contributed by atoms with Crippen LogP contribution in [0.1, 0.15) is 11.1 Å². The van der Waals surface area contributed by atoms with Crippen LogP contribution >= 0.6 is 0 Å². The van der Waals surface area contributed by atoms with Crippen molar-refractivity contribution in [2.45, 2.75) is 6.61 Å². The minimum absolute atomic E-state index is 0.114. The molecule has 0 bridgehead atoms. The summed E-state index contributed by atoms with van der Waals surface area (Å²) in [5, 5.41) is 3.95. The Morgan fingerprint density at radius 3 is 2.38 bits per heavy atom. The maximum Gasteiger partial charge on any atom is 0.277 e. The van der Waals surface area contributed by atoms with E-state index in [-0.39, 0.29) is 12.5 Å². The zero-order chi connectivity index (χ0) is 20.3. The van der Waals surface area contributed by atoms with E-state index in [1.54, 1.807) is 25.3 Å². The third-order valence-electron chi connectivity index (χ3n) is 3.94. The minimum Gasteiger partial charge on any atom is -0.493 e. The van der Waals surface area contributed by atoms with Gasteiger partial charge in [-0.15, -0.1) is 0 Å². The van der Waals surface area contributed by atoms with Crippen LogP contribution in [0.4, 0.5) is 0 Å². The maximum absolute atomic E-state index is 11.8. The highest BCUT2D eigenvalue weighted by Crippen LogP contribution is 2.28. The number of benzene rings is 3. The molecule has 0 radical (unpaired) electrons. The number of carbonyl (C=O) groups is 1. The average Bonchev–Trinajstić information content (AvgIpc) is 2.78. The van der Waals surface area contributed by atoms with Crippen molar-refractivity contribution in [2.24, 2.45) is 5.10 Å². The number of methoxy groups -OCH3 is 1. The van der Waals surface area contributed by atoms with Crippen LogP contribution in [0.25, 0.3) is 0 Å². The van der Waals surface area contributed by atoms with E-state index in [4.69, 9.17) is 14.2 Å². The molecule has 3 aromatic rings. The summed E-state index contributed by atoms with van der Waals surface area (Å²) in [5.74, 6) is 1.50. The smallest absolute Gasteiger partial charge is 0.277 e. The molecule has 0 aliphatic rings. The van der Waals surface area contributed by atoms with Gasteiger partial charge in [0.25, 0.3) is 5.91 Å². The number of nitrogens with zero attached hydrogens (tertiary/aromatic N) is 1. The van der Waals surface area contributed by atoms with E-state index in [1.807, 2.05) is 60.7 Å². The molecule has 6 nitrogen and oxygen atoms in total. The first-order chi connectivity index (χ1) is 14.2. The Hall–Kier alpha value is -3.80. The highest BCUT2D eigenvalue weighted by Gasteiger charge is 2.06. The lowest BCUT2D eigenvalue weighted by Crippen LogP contribution is -2.24. The lowest BCUT2D eigenvalue weighted by Gasteiger charge is -2.11. The standard InChI is InChI=1S/C23H22N2O4/c1-27-22-14-19(12-13-21(22)29-16-18-8-4-2-5-9-18)15-24-25-23(26)17-28-20-10-6-3-7-11-20/h2-15H,16-17H2,1H3,(H,25,26). The van der Waals surface area contributed by atoms with Gasteiger partial charge in [-0.2, -0.15) is 5.10 Å². The highest BCUT2D eigenvalue weighted by molar-refractivity contribution is 5.83. The lowest BCUT2D eigenvalue weighted by atomic mass is 10.2. The van der Waals surface area contributed by atoms with Gasteiger partial charge in [-0.25, -0.2) is 5.43 Å². The molecule has 1 N–H and O–H groups in total. The number of hydrazone groups is 1. The Morgan fingerprint density at radius 1 is 0.931 bits per heavy atom. The van der Waals surface area contributed by atoms with E-state index < -0.39 is 0 Å². The quantitative estimate of drug-likeness (QED) is 0.446. The van der Waals surface area contributed by atoms with Crippen molar-refractivity contribution in [2.75, 3.05) is 13.7 Å². The first-order valence-corrected chi connectivity index (χ1v) is 9.09.